The molecule has 1 aromatic heterocycles. The van der Waals surface area contributed by atoms with E-state index in [1.165, 1.54) is 25.7 Å². The number of nitrogens with zero attached hydrogens (tertiary/aromatic N) is 2. The molecule has 0 aliphatic heterocycles. The maximum atomic E-state index is 6.35. The monoisotopic (exact) mass is 267 g/mol. The summed E-state index contributed by atoms with van der Waals surface area (Å²) in [7, 11) is 1.98. The molecule has 2 saturated carbocycles. The highest BCUT2D eigenvalue weighted by molar-refractivity contribution is 6.31. The van der Waals surface area contributed by atoms with Crippen LogP contribution in [0, 0.1) is 11.3 Å². The Bertz CT molecular complexity index is 444. The molecule has 2 fully saturated rings. The number of aryl methyl sites for hydroxylation is 2. The molecule has 0 unspecified atom stereocenters. The molecule has 1 N–H and O–H groups in total. The fourth-order valence-electron chi connectivity index (χ4n) is 3.03. The highest BCUT2D eigenvalue weighted by Crippen LogP contribution is 2.60. The minimum atomic E-state index is 0.651. The molecule has 3 rings (SSSR count). The Morgan fingerprint density at radius 2 is 2.17 bits per heavy atom. The predicted octanol–water partition coefficient (Wildman–Crippen LogP) is 2.92. The van der Waals surface area contributed by atoms with Gasteiger partial charge in [-0.05, 0) is 43.4 Å². The molecule has 1 heterocycles. The van der Waals surface area contributed by atoms with Crippen LogP contribution in [0.2, 0.25) is 5.02 Å². The summed E-state index contributed by atoms with van der Waals surface area (Å²) in [6.07, 6.45) is 6.65. The highest BCUT2D eigenvalue weighted by Gasteiger charge is 2.53. The Balaban J connectivity index is 1.58. The van der Waals surface area contributed by atoms with Gasteiger partial charge in [-0.25, -0.2) is 0 Å². The van der Waals surface area contributed by atoms with E-state index >= 15 is 0 Å². The summed E-state index contributed by atoms with van der Waals surface area (Å²) in [6, 6.07) is 0. The van der Waals surface area contributed by atoms with Crippen LogP contribution in [0.25, 0.3) is 0 Å². The number of rotatable bonds is 6. The third-order valence-corrected chi connectivity index (χ3v) is 5.04. The first-order chi connectivity index (χ1) is 8.66. The lowest BCUT2D eigenvalue weighted by molar-refractivity contribution is 0.400. The largest absolute Gasteiger partial charge is 0.311 e. The fourth-order valence-corrected chi connectivity index (χ4v) is 3.39. The van der Waals surface area contributed by atoms with Crippen molar-refractivity contribution in [2.75, 3.05) is 6.54 Å². The van der Waals surface area contributed by atoms with Crippen molar-refractivity contribution in [2.24, 2.45) is 18.4 Å². The summed E-state index contributed by atoms with van der Waals surface area (Å²) >= 11 is 6.35. The van der Waals surface area contributed by atoms with Crippen LogP contribution >= 0.6 is 11.6 Å². The predicted molar refractivity (Wildman–Crippen MR) is 73.7 cm³/mol. The lowest BCUT2D eigenvalue weighted by atomic mass is 10.0. The average molecular weight is 268 g/mol. The van der Waals surface area contributed by atoms with Crippen LogP contribution in [0.1, 0.15) is 44.0 Å². The van der Waals surface area contributed by atoms with Gasteiger partial charge in [0.05, 0.1) is 16.4 Å². The summed E-state index contributed by atoms with van der Waals surface area (Å²) in [5.41, 5.74) is 2.79. The van der Waals surface area contributed by atoms with Crippen molar-refractivity contribution in [1.29, 1.82) is 0 Å². The van der Waals surface area contributed by atoms with Crippen LogP contribution < -0.4 is 5.32 Å². The third-order valence-electron chi connectivity index (χ3n) is 4.61. The molecule has 2 aliphatic rings. The second kappa shape index (κ2) is 4.53. The highest BCUT2D eigenvalue weighted by atomic mass is 35.5. The van der Waals surface area contributed by atoms with Crippen molar-refractivity contribution in [3.63, 3.8) is 0 Å². The first-order valence-corrected chi connectivity index (χ1v) is 7.45. The van der Waals surface area contributed by atoms with Gasteiger partial charge in [0.2, 0.25) is 0 Å². The molecule has 0 saturated heterocycles. The van der Waals surface area contributed by atoms with E-state index in [1.807, 2.05) is 11.7 Å². The minimum Gasteiger partial charge on any atom is -0.311 e. The van der Waals surface area contributed by atoms with Gasteiger partial charge in [0.25, 0.3) is 0 Å². The zero-order valence-corrected chi connectivity index (χ0v) is 12.1. The van der Waals surface area contributed by atoms with Crippen LogP contribution in [0.15, 0.2) is 0 Å². The molecule has 0 amide bonds. The van der Waals surface area contributed by atoms with E-state index in [4.69, 9.17) is 11.6 Å². The Hall–Kier alpha value is -0.540. The Morgan fingerprint density at radius 1 is 1.44 bits per heavy atom. The van der Waals surface area contributed by atoms with Crippen molar-refractivity contribution < 1.29 is 0 Å². The number of hydrogen-bond donors (Lipinski definition) is 1. The van der Waals surface area contributed by atoms with Crippen LogP contribution in [-0.2, 0) is 20.0 Å². The molecule has 18 heavy (non-hydrogen) atoms. The van der Waals surface area contributed by atoms with E-state index in [2.05, 4.69) is 17.3 Å². The van der Waals surface area contributed by atoms with Crippen molar-refractivity contribution in [1.82, 2.24) is 15.1 Å². The third kappa shape index (κ3) is 2.19. The quantitative estimate of drug-likeness (QED) is 0.859. The van der Waals surface area contributed by atoms with E-state index in [9.17, 15) is 0 Å². The maximum absolute atomic E-state index is 6.35. The topological polar surface area (TPSA) is 29.9 Å². The summed E-state index contributed by atoms with van der Waals surface area (Å²) in [5, 5.41) is 8.90. The minimum absolute atomic E-state index is 0.651. The Morgan fingerprint density at radius 3 is 2.67 bits per heavy atom. The SMILES string of the molecule is CCc1nn(C)c(CNCC2(C3CC3)CC2)c1Cl. The van der Waals surface area contributed by atoms with Crippen LogP contribution in [0.4, 0.5) is 0 Å². The molecule has 0 bridgehead atoms. The van der Waals surface area contributed by atoms with Crippen LogP contribution in [0.3, 0.4) is 0 Å². The second-order valence-electron chi connectivity index (χ2n) is 5.92. The maximum Gasteiger partial charge on any atom is 0.0863 e. The molecule has 0 aromatic carbocycles. The van der Waals surface area contributed by atoms with Gasteiger partial charge in [-0.15, -0.1) is 0 Å². The summed E-state index contributed by atoms with van der Waals surface area (Å²) < 4.78 is 1.92. The summed E-state index contributed by atoms with van der Waals surface area (Å²) in [6.45, 7) is 4.09. The number of hydrogen-bond acceptors (Lipinski definition) is 2. The van der Waals surface area contributed by atoms with Gasteiger partial charge >= 0.3 is 0 Å². The van der Waals surface area contributed by atoms with E-state index in [0.29, 0.717) is 5.41 Å². The van der Waals surface area contributed by atoms with Gasteiger partial charge in [0.15, 0.2) is 0 Å². The van der Waals surface area contributed by atoms with Gasteiger partial charge in [-0.1, -0.05) is 18.5 Å². The van der Waals surface area contributed by atoms with E-state index in [1.54, 1.807) is 0 Å². The smallest absolute Gasteiger partial charge is 0.0863 e. The lowest BCUT2D eigenvalue weighted by Gasteiger charge is -2.15. The van der Waals surface area contributed by atoms with Crippen molar-refractivity contribution in [3.05, 3.63) is 16.4 Å². The van der Waals surface area contributed by atoms with Crippen molar-refractivity contribution in [2.45, 2.75) is 45.6 Å². The number of halogens is 1. The molecule has 4 heteroatoms. The molecule has 2 aliphatic carbocycles. The fraction of sp³-hybridized carbons (Fsp3) is 0.786. The molecular formula is C14H22ClN3. The standard InChI is InChI=1S/C14H22ClN3/c1-3-11-13(15)12(18(2)17-11)8-16-9-14(6-7-14)10-4-5-10/h10,16H,3-9H2,1-2H3. The number of nitrogens with one attached hydrogen (secondary N) is 1. The van der Waals surface area contributed by atoms with Crippen molar-refractivity contribution in [3.8, 4) is 0 Å². The van der Waals surface area contributed by atoms with E-state index in [0.717, 1.165) is 41.8 Å². The van der Waals surface area contributed by atoms with Gasteiger partial charge in [0, 0.05) is 20.1 Å². The normalized spacial score (nSPS) is 21.3. The number of aromatic nitrogens is 2. The lowest BCUT2D eigenvalue weighted by Crippen LogP contribution is -2.26. The molecule has 0 spiro atoms. The Labute approximate surface area is 114 Å². The molecule has 0 atom stereocenters. The van der Waals surface area contributed by atoms with Gasteiger partial charge in [-0.3, -0.25) is 4.68 Å². The molecule has 100 valence electrons. The molecule has 0 radical (unpaired) electrons. The van der Waals surface area contributed by atoms with Gasteiger partial charge in [-0.2, -0.15) is 5.10 Å². The molecule has 1 aromatic rings. The first kappa shape index (κ1) is 12.5. The first-order valence-electron chi connectivity index (χ1n) is 7.07. The van der Waals surface area contributed by atoms with Crippen LogP contribution in [0.5, 0.6) is 0 Å². The van der Waals surface area contributed by atoms with E-state index in [-0.39, 0.29) is 0 Å². The summed E-state index contributed by atoms with van der Waals surface area (Å²) in [5.74, 6) is 1.01. The molecular weight excluding hydrogens is 246 g/mol. The Kier molecular flexibility index (Phi) is 3.15. The van der Waals surface area contributed by atoms with Crippen molar-refractivity contribution >= 4 is 11.6 Å². The summed E-state index contributed by atoms with van der Waals surface area (Å²) in [4.78, 5) is 0. The zero-order valence-electron chi connectivity index (χ0n) is 11.3. The second-order valence-corrected chi connectivity index (χ2v) is 6.30. The van der Waals surface area contributed by atoms with Gasteiger partial charge < -0.3 is 5.32 Å². The van der Waals surface area contributed by atoms with Gasteiger partial charge in [0.1, 0.15) is 0 Å². The van der Waals surface area contributed by atoms with Crippen LogP contribution in [-0.4, -0.2) is 16.3 Å². The zero-order chi connectivity index (χ0) is 12.8. The molecule has 3 nitrogen and oxygen atoms in total. The average Bonchev–Trinajstić information content (AvgIpc) is 3.23. The van der Waals surface area contributed by atoms with E-state index < -0.39 is 0 Å².